The van der Waals surface area contributed by atoms with Crippen LogP contribution < -0.4 is 5.32 Å². The van der Waals surface area contributed by atoms with Gasteiger partial charge in [0.15, 0.2) is 5.38 Å². The molecule has 0 spiro atoms. The highest BCUT2D eigenvalue weighted by atomic mass is 35.5. The van der Waals surface area contributed by atoms with Gasteiger partial charge in [0.05, 0.1) is 18.2 Å². The molecule has 0 radical (unpaired) electrons. The van der Waals surface area contributed by atoms with Crippen molar-refractivity contribution in [1.29, 1.82) is 0 Å². The summed E-state index contributed by atoms with van der Waals surface area (Å²) in [5, 5.41) is 1.83. The van der Waals surface area contributed by atoms with Crippen molar-refractivity contribution in [1.82, 2.24) is 14.9 Å². The van der Waals surface area contributed by atoms with Crippen LogP contribution in [0.4, 0.5) is 0 Å². The topological polar surface area (TPSA) is 46.9 Å². The van der Waals surface area contributed by atoms with Crippen LogP contribution in [0.1, 0.15) is 18.0 Å². The smallest absolute Gasteiger partial charge is 0.243 e. The number of carbonyl (C=O) groups excluding carboxylic acids is 1. The van der Waals surface area contributed by atoms with E-state index >= 15 is 0 Å². The molecule has 1 aromatic rings. The van der Waals surface area contributed by atoms with Crippen molar-refractivity contribution in [2.45, 2.75) is 18.8 Å². The first-order valence-electron chi connectivity index (χ1n) is 4.06. The van der Waals surface area contributed by atoms with E-state index in [1.807, 2.05) is 11.5 Å². The number of carbonyl (C=O) groups is 1. The molecule has 0 saturated heterocycles. The molecule has 1 amide bonds. The van der Waals surface area contributed by atoms with Gasteiger partial charge in [0.25, 0.3) is 0 Å². The maximum atomic E-state index is 11.2. The molecule has 0 saturated carbocycles. The Hall–Kier alpha value is -1.03. The summed E-state index contributed by atoms with van der Waals surface area (Å²) in [5.74, 6) is -0.211. The Morgan fingerprint density at radius 1 is 1.85 bits per heavy atom. The average molecular weight is 202 g/mol. The first-order valence-corrected chi connectivity index (χ1v) is 4.50. The third kappa shape index (κ3) is 2.01. The number of nitrogens with one attached hydrogen (secondary N) is 1. The minimum absolute atomic E-state index is 0.211. The molecule has 1 heterocycles. The fourth-order valence-electron chi connectivity index (χ4n) is 1.07. The van der Waals surface area contributed by atoms with E-state index in [0.29, 0.717) is 0 Å². The molecule has 0 bridgehead atoms. The van der Waals surface area contributed by atoms with E-state index in [1.54, 1.807) is 19.6 Å². The second-order valence-electron chi connectivity index (χ2n) is 2.58. The molecule has 5 heteroatoms. The first kappa shape index (κ1) is 10.1. The van der Waals surface area contributed by atoms with Gasteiger partial charge in [-0.05, 0) is 6.92 Å². The monoisotopic (exact) mass is 201 g/mol. The summed E-state index contributed by atoms with van der Waals surface area (Å²) >= 11 is 5.91. The van der Waals surface area contributed by atoms with Crippen LogP contribution in [0.15, 0.2) is 12.5 Å². The molecule has 0 fully saturated rings. The standard InChI is InChI=1S/C8H12ClN3O/c1-3-12-5-11-4-6(12)7(9)8(13)10-2/h4-5,7H,3H2,1-2H3,(H,10,13). The Kier molecular flexibility index (Phi) is 3.31. The average Bonchev–Trinajstić information content (AvgIpc) is 2.62. The highest BCUT2D eigenvalue weighted by molar-refractivity contribution is 6.30. The van der Waals surface area contributed by atoms with Gasteiger partial charge in [-0.1, -0.05) is 0 Å². The number of imidazole rings is 1. The summed E-state index contributed by atoms with van der Waals surface area (Å²) in [6.45, 7) is 2.73. The zero-order chi connectivity index (χ0) is 9.84. The number of rotatable bonds is 3. The predicted molar refractivity (Wildman–Crippen MR) is 50.6 cm³/mol. The molecule has 1 aromatic heterocycles. The zero-order valence-corrected chi connectivity index (χ0v) is 8.38. The molecular weight excluding hydrogens is 190 g/mol. The highest BCUT2D eigenvalue weighted by Gasteiger charge is 2.19. The van der Waals surface area contributed by atoms with Crippen molar-refractivity contribution >= 4 is 17.5 Å². The van der Waals surface area contributed by atoms with Gasteiger partial charge >= 0.3 is 0 Å². The van der Waals surface area contributed by atoms with Crippen molar-refractivity contribution < 1.29 is 4.79 Å². The molecule has 0 aliphatic carbocycles. The number of aryl methyl sites for hydroxylation is 1. The normalized spacial score (nSPS) is 12.5. The molecule has 1 atom stereocenters. The van der Waals surface area contributed by atoms with Crippen LogP contribution >= 0.6 is 11.6 Å². The van der Waals surface area contributed by atoms with Crippen LogP contribution in [-0.2, 0) is 11.3 Å². The Morgan fingerprint density at radius 3 is 3.08 bits per heavy atom. The molecular formula is C8H12ClN3O. The second kappa shape index (κ2) is 4.28. The molecule has 1 rings (SSSR count). The Bertz CT molecular complexity index is 297. The summed E-state index contributed by atoms with van der Waals surface area (Å²) in [7, 11) is 1.56. The second-order valence-corrected chi connectivity index (χ2v) is 3.02. The molecule has 1 N–H and O–H groups in total. The van der Waals surface area contributed by atoms with Crippen molar-refractivity contribution in [2.75, 3.05) is 7.05 Å². The number of aromatic nitrogens is 2. The van der Waals surface area contributed by atoms with E-state index in [9.17, 15) is 4.79 Å². The Balaban J connectivity index is 2.87. The van der Waals surface area contributed by atoms with E-state index in [0.717, 1.165) is 12.2 Å². The fourth-order valence-corrected chi connectivity index (χ4v) is 1.36. The van der Waals surface area contributed by atoms with E-state index < -0.39 is 5.38 Å². The molecule has 72 valence electrons. The van der Waals surface area contributed by atoms with Gasteiger partial charge in [-0.25, -0.2) is 4.98 Å². The maximum Gasteiger partial charge on any atom is 0.243 e. The van der Waals surface area contributed by atoms with Crippen LogP contribution in [0.25, 0.3) is 0 Å². The number of alkyl halides is 1. The Morgan fingerprint density at radius 2 is 2.54 bits per heavy atom. The van der Waals surface area contributed by atoms with Crippen molar-refractivity contribution in [3.8, 4) is 0 Å². The first-order chi connectivity index (χ1) is 6.20. The van der Waals surface area contributed by atoms with E-state index in [4.69, 9.17) is 11.6 Å². The van der Waals surface area contributed by atoms with Crippen LogP contribution in [0.5, 0.6) is 0 Å². The van der Waals surface area contributed by atoms with Crippen LogP contribution in [0, 0.1) is 0 Å². The van der Waals surface area contributed by atoms with Gasteiger partial charge in [0, 0.05) is 13.6 Å². The summed E-state index contributed by atoms with van der Waals surface area (Å²) in [6.07, 6.45) is 3.27. The number of hydrogen-bond acceptors (Lipinski definition) is 2. The van der Waals surface area contributed by atoms with Gasteiger partial charge in [-0.3, -0.25) is 4.79 Å². The van der Waals surface area contributed by atoms with Gasteiger partial charge in [0.2, 0.25) is 5.91 Å². The molecule has 0 aliphatic rings. The third-order valence-corrected chi connectivity index (χ3v) is 2.24. The highest BCUT2D eigenvalue weighted by Crippen LogP contribution is 2.19. The van der Waals surface area contributed by atoms with Crippen molar-refractivity contribution in [3.05, 3.63) is 18.2 Å². The molecule has 4 nitrogen and oxygen atoms in total. The molecule has 0 aromatic carbocycles. The minimum Gasteiger partial charge on any atom is -0.358 e. The van der Waals surface area contributed by atoms with Crippen molar-refractivity contribution in [3.63, 3.8) is 0 Å². The largest absolute Gasteiger partial charge is 0.358 e. The van der Waals surface area contributed by atoms with Gasteiger partial charge in [-0.2, -0.15) is 0 Å². The summed E-state index contributed by atoms with van der Waals surface area (Å²) in [5.41, 5.74) is 0.725. The van der Waals surface area contributed by atoms with E-state index in [2.05, 4.69) is 10.3 Å². The number of halogens is 1. The minimum atomic E-state index is -0.660. The summed E-state index contributed by atoms with van der Waals surface area (Å²) in [4.78, 5) is 15.1. The lowest BCUT2D eigenvalue weighted by atomic mass is 10.3. The van der Waals surface area contributed by atoms with Gasteiger partial charge in [0.1, 0.15) is 0 Å². The molecule has 0 aliphatic heterocycles. The number of nitrogens with zero attached hydrogens (tertiary/aromatic N) is 2. The predicted octanol–water partition coefficient (Wildman–Crippen LogP) is 0.929. The lowest BCUT2D eigenvalue weighted by Gasteiger charge is -2.09. The van der Waals surface area contributed by atoms with Crippen LogP contribution in [-0.4, -0.2) is 22.5 Å². The quantitative estimate of drug-likeness (QED) is 0.740. The number of hydrogen-bond donors (Lipinski definition) is 1. The zero-order valence-electron chi connectivity index (χ0n) is 7.62. The van der Waals surface area contributed by atoms with Gasteiger partial charge < -0.3 is 9.88 Å². The third-order valence-electron chi connectivity index (χ3n) is 1.82. The lowest BCUT2D eigenvalue weighted by molar-refractivity contribution is -0.120. The number of amides is 1. The van der Waals surface area contributed by atoms with E-state index in [-0.39, 0.29) is 5.91 Å². The van der Waals surface area contributed by atoms with Crippen LogP contribution in [0.3, 0.4) is 0 Å². The SMILES string of the molecule is CCn1cncc1C(Cl)C(=O)NC. The molecule has 13 heavy (non-hydrogen) atoms. The summed E-state index contributed by atoms with van der Waals surface area (Å²) in [6, 6.07) is 0. The summed E-state index contributed by atoms with van der Waals surface area (Å²) < 4.78 is 1.84. The van der Waals surface area contributed by atoms with E-state index in [1.165, 1.54) is 0 Å². The number of likely N-dealkylation sites (N-methyl/N-ethyl adjacent to an activating group) is 1. The molecule has 1 unspecified atom stereocenters. The lowest BCUT2D eigenvalue weighted by Crippen LogP contribution is -2.24. The van der Waals surface area contributed by atoms with Gasteiger partial charge in [-0.15, -0.1) is 11.6 Å². The fraction of sp³-hybridized carbons (Fsp3) is 0.500. The van der Waals surface area contributed by atoms with Crippen LogP contribution in [0.2, 0.25) is 0 Å². The maximum absolute atomic E-state index is 11.2. The van der Waals surface area contributed by atoms with Crippen molar-refractivity contribution in [2.24, 2.45) is 0 Å². The Labute approximate surface area is 81.9 Å².